The van der Waals surface area contributed by atoms with E-state index in [4.69, 9.17) is 0 Å². The van der Waals surface area contributed by atoms with Crippen molar-refractivity contribution >= 4 is 15.8 Å². The molecule has 25 heavy (non-hydrogen) atoms. The summed E-state index contributed by atoms with van der Waals surface area (Å²) in [6.07, 6.45) is 2.34. The average Bonchev–Trinajstić information content (AvgIpc) is 2.88. The second kappa shape index (κ2) is 7.21. The van der Waals surface area contributed by atoms with Crippen molar-refractivity contribution in [3.63, 3.8) is 0 Å². The van der Waals surface area contributed by atoms with Crippen LogP contribution in [0.25, 0.3) is 0 Å². The molecular formula is C18H20N4O2S. The highest BCUT2D eigenvalue weighted by molar-refractivity contribution is 7.89. The van der Waals surface area contributed by atoms with Gasteiger partial charge in [-0.1, -0.05) is 18.2 Å². The fourth-order valence-electron chi connectivity index (χ4n) is 3.07. The van der Waals surface area contributed by atoms with E-state index in [0.29, 0.717) is 48.9 Å². The van der Waals surface area contributed by atoms with E-state index in [1.165, 1.54) is 4.31 Å². The molecule has 0 saturated carbocycles. The van der Waals surface area contributed by atoms with Crippen LogP contribution in [-0.2, 0) is 10.0 Å². The molecule has 0 N–H and O–H groups in total. The lowest BCUT2D eigenvalue weighted by molar-refractivity contribution is 0.432. The molecule has 6 nitrogen and oxygen atoms in total. The predicted octanol–water partition coefficient (Wildman–Crippen LogP) is 2.16. The van der Waals surface area contributed by atoms with Gasteiger partial charge in [0.25, 0.3) is 0 Å². The number of benzene rings is 1. The van der Waals surface area contributed by atoms with Crippen molar-refractivity contribution in [3.05, 3.63) is 53.7 Å². The number of aromatic nitrogens is 1. The minimum Gasteiger partial charge on any atom is -0.354 e. The molecule has 0 aliphatic carbocycles. The molecule has 0 radical (unpaired) electrons. The number of sulfonamides is 1. The number of anilines is 1. The number of hydrogen-bond acceptors (Lipinski definition) is 5. The fraction of sp³-hybridized carbons (Fsp3) is 0.333. The first-order valence-corrected chi connectivity index (χ1v) is 9.64. The Balaban J connectivity index is 1.83. The molecule has 1 saturated heterocycles. The molecule has 0 unspecified atom stereocenters. The van der Waals surface area contributed by atoms with Crippen LogP contribution in [0.3, 0.4) is 0 Å². The Morgan fingerprint density at radius 3 is 2.64 bits per heavy atom. The molecule has 1 aliphatic rings. The van der Waals surface area contributed by atoms with Gasteiger partial charge in [0.15, 0.2) is 0 Å². The normalized spacial score (nSPS) is 16.2. The van der Waals surface area contributed by atoms with Crippen molar-refractivity contribution in [2.75, 3.05) is 31.1 Å². The minimum atomic E-state index is -3.52. The molecule has 0 atom stereocenters. The smallest absolute Gasteiger partial charge is 0.243 e. The zero-order valence-corrected chi connectivity index (χ0v) is 14.9. The van der Waals surface area contributed by atoms with Gasteiger partial charge in [-0.25, -0.2) is 13.4 Å². The molecule has 0 bridgehead atoms. The van der Waals surface area contributed by atoms with Crippen molar-refractivity contribution in [2.24, 2.45) is 0 Å². The summed E-state index contributed by atoms with van der Waals surface area (Å²) in [5, 5.41) is 9.26. The number of hydrogen-bond donors (Lipinski definition) is 0. The lowest BCUT2D eigenvalue weighted by Gasteiger charge is -2.23. The molecule has 1 aromatic heterocycles. The van der Waals surface area contributed by atoms with Crippen molar-refractivity contribution in [2.45, 2.75) is 18.2 Å². The second-order valence-electron chi connectivity index (χ2n) is 6.00. The highest BCUT2D eigenvalue weighted by Gasteiger charge is 2.28. The van der Waals surface area contributed by atoms with E-state index in [-0.39, 0.29) is 0 Å². The van der Waals surface area contributed by atoms with E-state index < -0.39 is 10.0 Å². The highest BCUT2D eigenvalue weighted by atomic mass is 32.2. The molecule has 1 aromatic carbocycles. The molecule has 7 heteroatoms. The summed E-state index contributed by atoms with van der Waals surface area (Å²) in [6, 6.07) is 12.7. The molecule has 1 fully saturated rings. The van der Waals surface area contributed by atoms with Crippen LogP contribution in [0.5, 0.6) is 0 Å². The van der Waals surface area contributed by atoms with Gasteiger partial charge in [-0.3, -0.25) is 0 Å². The van der Waals surface area contributed by atoms with Crippen LogP contribution >= 0.6 is 0 Å². The zero-order valence-electron chi connectivity index (χ0n) is 14.1. The molecule has 2 heterocycles. The molecule has 3 rings (SSSR count). The van der Waals surface area contributed by atoms with Gasteiger partial charge < -0.3 is 4.90 Å². The van der Waals surface area contributed by atoms with Gasteiger partial charge in [-0.2, -0.15) is 9.57 Å². The molecule has 2 aromatic rings. The third-order valence-corrected chi connectivity index (χ3v) is 6.43. The summed E-state index contributed by atoms with van der Waals surface area (Å²) in [7, 11) is -3.52. The maximum Gasteiger partial charge on any atom is 0.243 e. The summed E-state index contributed by atoms with van der Waals surface area (Å²) in [5.41, 5.74) is 1.26. The second-order valence-corrected chi connectivity index (χ2v) is 7.90. The minimum absolute atomic E-state index is 0.360. The van der Waals surface area contributed by atoms with E-state index in [1.54, 1.807) is 30.5 Å². The van der Waals surface area contributed by atoms with Crippen LogP contribution in [0.4, 0.5) is 5.82 Å². The van der Waals surface area contributed by atoms with Gasteiger partial charge in [-0.05, 0) is 37.1 Å². The Morgan fingerprint density at radius 1 is 1.08 bits per heavy atom. The van der Waals surface area contributed by atoms with E-state index in [2.05, 4.69) is 11.1 Å². The first-order chi connectivity index (χ1) is 12.0. The van der Waals surface area contributed by atoms with Crippen molar-refractivity contribution in [1.29, 1.82) is 5.26 Å². The van der Waals surface area contributed by atoms with E-state index in [9.17, 15) is 13.7 Å². The number of rotatable bonds is 3. The van der Waals surface area contributed by atoms with E-state index in [0.717, 1.165) is 5.56 Å². The molecular weight excluding hydrogens is 336 g/mol. The van der Waals surface area contributed by atoms with E-state index >= 15 is 0 Å². The largest absolute Gasteiger partial charge is 0.354 e. The lowest BCUT2D eigenvalue weighted by Crippen LogP contribution is -2.35. The SMILES string of the molecule is Cc1ccccc1S(=O)(=O)N1CCCN(c2ncccc2C#N)CC1. The van der Waals surface area contributed by atoms with Crippen LogP contribution in [-0.4, -0.2) is 43.9 Å². The van der Waals surface area contributed by atoms with Gasteiger partial charge in [0.1, 0.15) is 11.9 Å². The topological polar surface area (TPSA) is 77.3 Å². The Morgan fingerprint density at radius 2 is 1.88 bits per heavy atom. The standard InChI is InChI=1S/C18H20N4O2S/c1-15-6-2-3-8-17(15)25(23,24)22-11-5-10-21(12-13-22)18-16(14-19)7-4-9-20-18/h2-4,6-9H,5,10-13H2,1H3. The number of aryl methyl sites for hydroxylation is 1. The third kappa shape index (κ3) is 3.50. The third-order valence-electron chi connectivity index (χ3n) is 4.37. The average molecular weight is 356 g/mol. The van der Waals surface area contributed by atoms with E-state index in [1.807, 2.05) is 24.0 Å². The van der Waals surface area contributed by atoms with Gasteiger partial charge >= 0.3 is 0 Å². The van der Waals surface area contributed by atoms with Crippen molar-refractivity contribution in [1.82, 2.24) is 9.29 Å². The Kier molecular flexibility index (Phi) is 5.02. The van der Waals surface area contributed by atoms with Crippen LogP contribution in [0.1, 0.15) is 17.5 Å². The molecule has 1 aliphatic heterocycles. The molecule has 0 spiro atoms. The number of nitrogens with zero attached hydrogens (tertiary/aromatic N) is 4. The summed E-state index contributed by atoms with van der Waals surface area (Å²) in [4.78, 5) is 6.66. The number of nitriles is 1. The van der Waals surface area contributed by atoms with Crippen LogP contribution in [0.15, 0.2) is 47.5 Å². The summed E-state index contributed by atoms with van der Waals surface area (Å²) in [5.74, 6) is 0.625. The van der Waals surface area contributed by atoms with Gasteiger partial charge in [0.2, 0.25) is 10.0 Å². The van der Waals surface area contributed by atoms with Gasteiger partial charge in [0.05, 0.1) is 10.5 Å². The maximum atomic E-state index is 13.0. The Labute approximate surface area is 148 Å². The zero-order chi connectivity index (χ0) is 17.9. The Hall–Kier alpha value is -2.43. The van der Waals surface area contributed by atoms with Gasteiger partial charge in [0, 0.05) is 32.4 Å². The molecule has 0 amide bonds. The van der Waals surface area contributed by atoms with Crippen molar-refractivity contribution < 1.29 is 8.42 Å². The summed E-state index contributed by atoms with van der Waals surface area (Å²) in [6.45, 7) is 3.83. The first kappa shape index (κ1) is 17.4. The quantitative estimate of drug-likeness (QED) is 0.842. The summed E-state index contributed by atoms with van der Waals surface area (Å²) >= 11 is 0. The van der Waals surface area contributed by atoms with Crippen molar-refractivity contribution in [3.8, 4) is 6.07 Å². The fourth-order valence-corrected chi connectivity index (χ4v) is 4.76. The predicted molar refractivity (Wildman–Crippen MR) is 95.7 cm³/mol. The van der Waals surface area contributed by atoms with Crippen LogP contribution in [0, 0.1) is 18.3 Å². The highest BCUT2D eigenvalue weighted by Crippen LogP contribution is 2.23. The Bertz CT molecular complexity index is 905. The maximum absolute atomic E-state index is 13.0. The molecule has 130 valence electrons. The van der Waals surface area contributed by atoms with Crippen LogP contribution < -0.4 is 4.90 Å². The van der Waals surface area contributed by atoms with Crippen LogP contribution in [0.2, 0.25) is 0 Å². The number of pyridine rings is 1. The summed E-state index contributed by atoms with van der Waals surface area (Å²) < 4.78 is 27.5. The lowest BCUT2D eigenvalue weighted by atomic mass is 10.2. The monoisotopic (exact) mass is 356 g/mol. The van der Waals surface area contributed by atoms with Gasteiger partial charge in [-0.15, -0.1) is 0 Å². The first-order valence-electron chi connectivity index (χ1n) is 8.20.